The quantitative estimate of drug-likeness (QED) is 0.382. The zero-order valence-electron chi connectivity index (χ0n) is 19.6. The fourth-order valence-electron chi connectivity index (χ4n) is 4.45. The Morgan fingerprint density at radius 1 is 0.676 bits per heavy atom. The van der Waals surface area contributed by atoms with E-state index in [1.54, 1.807) is 53.4 Å². The van der Waals surface area contributed by atoms with E-state index in [0.29, 0.717) is 35.8 Å². The Kier molecular flexibility index (Phi) is 5.83. The third-order valence-corrected chi connectivity index (χ3v) is 10.00. The van der Waals surface area contributed by atoms with Gasteiger partial charge in [-0.2, -0.15) is 4.31 Å². The van der Waals surface area contributed by atoms with Crippen LogP contribution >= 0.6 is 0 Å². The second-order valence-corrected chi connectivity index (χ2v) is 12.4. The van der Waals surface area contributed by atoms with Gasteiger partial charge in [0.1, 0.15) is 6.67 Å². The summed E-state index contributed by atoms with van der Waals surface area (Å²) in [7, 11) is -7.72. The fourth-order valence-corrected chi connectivity index (χ4v) is 7.27. The molecule has 0 saturated carbocycles. The van der Waals surface area contributed by atoms with Gasteiger partial charge in [-0.3, -0.25) is 0 Å². The SMILES string of the molecule is O=S(=O)(c1cccc(N2CN(S(=O)(=O)c3ccccc3)c3nc4ccccc4nc32)c1)N1CCOCC1. The molecule has 3 aromatic carbocycles. The van der Waals surface area contributed by atoms with Crippen molar-refractivity contribution in [3.05, 3.63) is 78.9 Å². The summed E-state index contributed by atoms with van der Waals surface area (Å²) < 4.78 is 61.8. The van der Waals surface area contributed by atoms with Crippen LogP contribution in [0.15, 0.2) is 88.7 Å². The van der Waals surface area contributed by atoms with E-state index in [1.807, 2.05) is 12.1 Å². The molecule has 2 aliphatic rings. The Bertz CT molecular complexity index is 1690. The summed E-state index contributed by atoms with van der Waals surface area (Å²) in [6.45, 7) is 1.13. The van der Waals surface area contributed by atoms with Gasteiger partial charge in [-0.05, 0) is 42.5 Å². The molecule has 12 heteroatoms. The van der Waals surface area contributed by atoms with Gasteiger partial charge >= 0.3 is 0 Å². The van der Waals surface area contributed by atoms with Gasteiger partial charge in [-0.1, -0.05) is 36.4 Å². The van der Waals surface area contributed by atoms with E-state index in [1.165, 1.54) is 26.8 Å². The topological polar surface area (TPSA) is 113 Å². The van der Waals surface area contributed by atoms with Crippen LogP contribution in [-0.4, -0.2) is 64.1 Å². The van der Waals surface area contributed by atoms with Crippen LogP contribution in [0.1, 0.15) is 0 Å². The van der Waals surface area contributed by atoms with E-state index in [4.69, 9.17) is 9.72 Å². The number of benzene rings is 3. The van der Waals surface area contributed by atoms with Crippen molar-refractivity contribution in [2.24, 2.45) is 0 Å². The first kappa shape index (κ1) is 23.8. The van der Waals surface area contributed by atoms with Crippen LogP contribution in [0.2, 0.25) is 0 Å². The molecule has 0 N–H and O–H groups in total. The second kappa shape index (κ2) is 9.06. The molecule has 37 heavy (non-hydrogen) atoms. The zero-order chi connectivity index (χ0) is 25.6. The molecule has 1 fully saturated rings. The van der Waals surface area contributed by atoms with Gasteiger partial charge in [-0.15, -0.1) is 0 Å². The van der Waals surface area contributed by atoms with E-state index in [9.17, 15) is 16.8 Å². The van der Waals surface area contributed by atoms with Crippen molar-refractivity contribution in [2.75, 3.05) is 42.2 Å². The molecule has 6 rings (SSSR count). The standard InChI is InChI=1S/C25H23N5O5S2/c31-36(32,28-13-15-35-16-14-28)21-10-6-7-19(17-21)29-18-30(37(33,34)20-8-2-1-3-9-20)25-24(29)26-22-11-4-5-12-23(22)27-25/h1-12,17H,13-16,18H2. The summed E-state index contributed by atoms with van der Waals surface area (Å²) in [5, 5.41) is 0. The lowest BCUT2D eigenvalue weighted by Crippen LogP contribution is -2.40. The monoisotopic (exact) mass is 537 g/mol. The largest absolute Gasteiger partial charge is 0.379 e. The lowest BCUT2D eigenvalue weighted by molar-refractivity contribution is 0.0730. The van der Waals surface area contributed by atoms with Crippen molar-refractivity contribution in [3.8, 4) is 0 Å². The van der Waals surface area contributed by atoms with Crippen LogP contribution < -0.4 is 9.21 Å². The van der Waals surface area contributed by atoms with E-state index in [0.717, 1.165) is 0 Å². The van der Waals surface area contributed by atoms with E-state index in [2.05, 4.69) is 4.98 Å². The number of hydrogen-bond acceptors (Lipinski definition) is 8. The zero-order valence-corrected chi connectivity index (χ0v) is 21.3. The molecular weight excluding hydrogens is 514 g/mol. The molecule has 3 heterocycles. The van der Waals surface area contributed by atoms with E-state index < -0.39 is 20.0 Å². The number of para-hydroxylation sites is 2. The molecule has 0 unspecified atom stereocenters. The van der Waals surface area contributed by atoms with Crippen LogP contribution in [0.4, 0.5) is 17.3 Å². The number of ether oxygens (including phenoxy) is 1. The number of anilines is 3. The van der Waals surface area contributed by atoms with E-state index in [-0.39, 0.29) is 35.4 Å². The maximum atomic E-state index is 13.7. The van der Waals surface area contributed by atoms with Crippen molar-refractivity contribution < 1.29 is 21.6 Å². The molecule has 190 valence electrons. The molecular formula is C25H23N5O5S2. The first-order chi connectivity index (χ1) is 17.9. The van der Waals surface area contributed by atoms with Crippen LogP contribution in [0.25, 0.3) is 11.0 Å². The fraction of sp³-hybridized carbons (Fsp3) is 0.200. The molecule has 10 nitrogen and oxygen atoms in total. The van der Waals surface area contributed by atoms with Gasteiger partial charge in [0.15, 0.2) is 11.6 Å². The third-order valence-electron chi connectivity index (χ3n) is 6.36. The maximum absolute atomic E-state index is 13.7. The molecule has 0 amide bonds. The van der Waals surface area contributed by atoms with E-state index >= 15 is 0 Å². The molecule has 0 bridgehead atoms. The highest BCUT2D eigenvalue weighted by Crippen LogP contribution is 2.42. The average Bonchev–Trinajstić information content (AvgIpc) is 3.32. The summed E-state index contributed by atoms with van der Waals surface area (Å²) in [5.41, 5.74) is 1.65. The molecule has 1 saturated heterocycles. The maximum Gasteiger partial charge on any atom is 0.267 e. The van der Waals surface area contributed by atoms with Crippen molar-refractivity contribution >= 4 is 48.4 Å². The van der Waals surface area contributed by atoms with Gasteiger partial charge in [0.05, 0.1) is 34.0 Å². The summed E-state index contributed by atoms with van der Waals surface area (Å²) >= 11 is 0. The number of aromatic nitrogens is 2. The van der Waals surface area contributed by atoms with Crippen LogP contribution in [-0.2, 0) is 24.8 Å². The number of hydrogen-bond donors (Lipinski definition) is 0. The van der Waals surface area contributed by atoms with Crippen molar-refractivity contribution in [2.45, 2.75) is 9.79 Å². The summed E-state index contributed by atoms with van der Waals surface area (Å²) in [6.07, 6.45) is 0. The highest BCUT2D eigenvalue weighted by molar-refractivity contribution is 7.92. The predicted molar refractivity (Wildman–Crippen MR) is 139 cm³/mol. The highest BCUT2D eigenvalue weighted by Gasteiger charge is 2.39. The molecule has 0 radical (unpaired) electrons. The number of rotatable bonds is 5. The minimum atomic E-state index is -3.97. The molecule has 0 aliphatic carbocycles. The molecule has 0 atom stereocenters. The first-order valence-electron chi connectivity index (χ1n) is 11.7. The van der Waals surface area contributed by atoms with Gasteiger partial charge in [-0.25, -0.2) is 31.1 Å². The number of nitrogens with zero attached hydrogens (tertiary/aromatic N) is 5. The van der Waals surface area contributed by atoms with Gasteiger partial charge < -0.3 is 9.64 Å². The molecule has 0 spiro atoms. The van der Waals surface area contributed by atoms with Crippen molar-refractivity contribution in [1.82, 2.24) is 14.3 Å². The molecule has 2 aliphatic heterocycles. The Morgan fingerprint density at radius 2 is 1.30 bits per heavy atom. The highest BCUT2D eigenvalue weighted by atomic mass is 32.2. The van der Waals surface area contributed by atoms with Gasteiger partial charge in [0.2, 0.25) is 10.0 Å². The Hall–Kier alpha value is -3.58. The number of sulfonamides is 2. The Labute approximate surface area is 214 Å². The number of morpholine rings is 1. The molecule has 4 aromatic rings. The smallest absolute Gasteiger partial charge is 0.267 e. The van der Waals surface area contributed by atoms with Gasteiger partial charge in [0.25, 0.3) is 10.0 Å². The summed E-state index contributed by atoms with van der Waals surface area (Å²) in [5.74, 6) is 0.517. The first-order valence-corrected chi connectivity index (χ1v) is 14.5. The second-order valence-electron chi connectivity index (χ2n) is 8.61. The Morgan fingerprint density at radius 3 is 2.00 bits per heavy atom. The number of fused-ring (bicyclic) bond motifs is 2. The minimum Gasteiger partial charge on any atom is -0.379 e. The lowest BCUT2D eigenvalue weighted by Gasteiger charge is -2.26. The summed E-state index contributed by atoms with van der Waals surface area (Å²) in [4.78, 5) is 11.3. The normalized spacial score (nSPS) is 16.8. The lowest BCUT2D eigenvalue weighted by atomic mass is 10.3. The van der Waals surface area contributed by atoms with Crippen LogP contribution in [0.3, 0.4) is 0 Å². The Balaban J connectivity index is 1.47. The minimum absolute atomic E-state index is 0.107. The van der Waals surface area contributed by atoms with Crippen molar-refractivity contribution in [1.29, 1.82) is 0 Å². The van der Waals surface area contributed by atoms with Crippen molar-refractivity contribution in [3.63, 3.8) is 0 Å². The average molecular weight is 538 g/mol. The van der Waals surface area contributed by atoms with Gasteiger partial charge in [0, 0.05) is 18.8 Å². The molecule has 1 aromatic heterocycles. The van der Waals surface area contributed by atoms with Crippen LogP contribution in [0, 0.1) is 0 Å². The summed E-state index contributed by atoms with van der Waals surface area (Å²) in [6, 6.07) is 21.8. The third kappa shape index (κ3) is 4.11. The predicted octanol–water partition coefficient (Wildman–Crippen LogP) is 2.96. The van der Waals surface area contributed by atoms with Crippen LogP contribution in [0.5, 0.6) is 0 Å².